The fraction of sp³-hybridized carbons (Fsp3) is 0.235. The summed E-state index contributed by atoms with van der Waals surface area (Å²) in [6.07, 6.45) is 0. The van der Waals surface area contributed by atoms with Gasteiger partial charge >= 0.3 is 5.69 Å². The maximum atomic E-state index is 12.2. The maximum Gasteiger partial charge on any atom is 0.329 e. The second-order valence-electron chi connectivity index (χ2n) is 5.74. The molecule has 1 aromatic carbocycles. The van der Waals surface area contributed by atoms with Crippen LogP contribution in [0.1, 0.15) is 6.92 Å². The van der Waals surface area contributed by atoms with Gasteiger partial charge in [0.25, 0.3) is 5.56 Å². The van der Waals surface area contributed by atoms with Gasteiger partial charge in [0.2, 0.25) is 0 Å². The van der Waals surface area contributed by atoms with E-state index in [1.54, 1.807) is 12.3 Å². The highest BCUT2D eigenvalue weighted by molar-refractivity contribution is 7.13. The Morgan fingerprint density at radius 3 is 2.52 bits per heavy atom. The maximum absolute atomic E-state index is 12.2. The van der Waals surface area contributed by atoms with Crippen molar-refractivity contribution in [2.24, 2.45) is 0 Å². The van der Waals surface area contributed by atoms with E-state index in [9.17, 15) is 9.59 Å². The van der Waals surface area contributed by atoms with Gasteiger partial charge in [-0.3, -0.25) is 14.3 Å². The summed E-state index contributed by atoms with van der Waals surface area (Å²) in [7, 11) is 3.96. The summed E-state index contributed by atoms with van der Waals surface area (Å²) in [6.45, 7) is 2.16. The molecule has 0 aliphatic carbocycles. The summed E-state index contributed by atoms with van der Waals surface area (Å²) >= 11 is 1.43. The highest BCUT2D eigenvalue weighted by Crippen LogP contribution is 2.30. The third-order valence-corrected chi connectivity index (χ3v) is 4.84. The molecular weight excluding hydrogens is 338 g/mol. The summed E-state index contributed by atoms with van der Waals surface area (Å²) in [4.78, 5) is 32.9. The first kappa shape index (κ1) is 17.0. The monoisotopic (exact) mass is 357 g/mol. The van der Waals surface area contributed by atoms with Crippen LogP contribution in [-0.4, -0.2) is 28.6 Å². The minimum atomic E-state index is -0.521. The van der Waals surface area contributed by atoms with E-state index in [-0.39, 0.29) is 11.4 Å². The normalized spacial score (nSPS) is 10.8. The number of nitrogens with zero attached hydrogens (tertiary/aromatic N) is 3. The van der Waals surface area contributed by atoms with Gasteiger partial charge in [0, 0.05) is 37.3 Å². The van der Waals surface area contributed by atoms with Gasteiger partial charge in [-0.15, -0.1) is 11.3 Å². The largest absolute Gasteiger partial charge is 0.384 e. The van der Waals surface area contributed by atoms with Gasteiger partial charge in [-0.1, -0.05) is 0 Å². The second kappa shape index (κ2) is 6.56. The lowest BCUT2D eigenvalue weighted by molar-refractivity contribution is 0.706. The number of aromatic nitrogens is 3. The SMILES string of the molecule is CCn1c(N)c(-c2csc(-c3ccc(N(C)C)cc3)n2)c(=O)[nH]c1=O. The van der Waals surface area contributed by atoms with E-state index in [4.69, 9.17) is 5.73 Å². The van der Waals surface area contributed by atoms with Gasteiger partial charge in [-0.2, -0.15) is 0 Å². The van der Waals surface area contributed by atoms with E-state index in [2.05, 4.69) is 9.97 Å². The third kappa shape index (κ3) is 3.08. The van der Waals surface area contributed by atoms with Gasteiger partial charge < -0.3 is 10.6 Å². The molecule has 0 radical (unpaired) electrons. The summed E-state index contributed by atoms with van der Waals surface area (Å²) < 4.78 is 1.32. The van der Waals surface area contributed by atoms with Crippen molar-refractivity contribution in [1.82, 2.24) is 14.5 Å². The van der Waals surface area contributed by atoms with Crippen molar-refractivity contribution in [3.63, 3.8) is 0 Å². The van der Waals surface area contributed by atoms with Crippen LogP contribution in [0.2, 0.25) is 0 Å². The highest BCUT2D eigenvalue weighted by Gasteiger charge is 2.16. The minimum Gasteiger partial charge on any atom is -0.384 e. The molecule has 3 N–H and O–H groups in total. The van der Waals surface area contributed by atoms with Crippen molar-refractivity contribution in [3.05, 3.63) is 50.5 Å². The molecule has 3 aromatic rings. The van der Waals surface area contributed by atoms with Crippen LogP contribution < -0.4 is 21.9 Å². The molecule has 0 spiro atoms. The zero-order valence-corrected chi connectivity index (χ0v) is 15.1. The van der Waals surface area contributed by atoms with Crippen molar-refractivity contribution < 1.29 is 0 Å². The van der Waals surface area contributed by atoms with Crippen molar-refractivity contribution in [2.75, 3.05) is 24.7 Å². The van der Waals surface area contributed by atoms with E-state index >= 15 is 0 Å². The number of H-pyrrole nitrogens is 1. The second-order valence-corrected chi connectivity index (χ2v) is 6.60. The van der Waals surface area contributed by atoms with Crippen molar-refractivity contribution in [3.8, 4) is 21.8 Å². The molecule has 25 heavy (non-hydrogen) atoms. The van der Waals surface area contributed by atoms with Crippen molar-refractivity contribution >= 4 is 22.8 Å². The molecular formula is C17H19N5O2S. The fourth-order valence-corrected chi connectivity index (χ4v) is 3.39. The van der Waals surface area contributed by atoms with Gasteiger partial charge in [-0.05, 0) is 31.2 Å². The van der Waals surface area contributed by atoms with E-state index in [0.717, 1.165) is 16.3 Å². The van der Waals surface area contributed by atoms with Crippen LogP contribution >= 0.6 is 11.3 Å². The van der Waals surface area contributed by atoms with Gasteiger partial charge in [0.05, 0.1) is 5.69 Å². The van der Waals surface area contributed by atoms with Crippen LogP contribution in [0, 0.1) is 0 Å². The fourth-order valence-electron chi connectivity index (χ4n) is 2.57. The molecule has 0 saturated carbocycles. The molecule has 3 rings (SSSR count). The Morgan fingerprint density at radius 2 is 1.92 bits per heavy atom. The molecule has 0 aliphatic rings. The standard InChI is InChI=1S/C17H19N5O2S/c1-4-22-14(18)13(15(23)20-17(22)24)12-9-25-16(19-12)10-5-7-11(8-6-10)21(2)3/h5-9H,4,18H2,1-3H3,(H,20,23,24). The van der Waals surface area contributed by atoms with Crippen molar-refractivity contribution in [2.45, 2.75) is 13.5 Å². The summed E-state index contributed by atoms with van der Waals surface area (Å²) in [5.74, 6) is 0.135. The van der Waals surface area contributed by atoms with E-state index < -0.39 is 11.2 Å². The number of aromatic amines is 1. The number of nitrogens with two attached hydrogens (primary N) is 1. The molecule has 8 heteroatoms. The molecule has 0 bridgehead atoms. The molecule has 0 saturated heterocycles. The molecule has 0 unspecified atom stereocenters. The average molecular weight is 357 g/mol. The molecule has 0 fully saturated rings. The predicted octanol–water partition coefficient (Wildman–Crippen LogP) is 2.00. The number of hydrogen-bond acceptors (Lipinski definition) is 6. The molecule has 2 aromatic heterocycles. The van der Waals surface area contributed by atoms with Gasteiger partial charge in [0.1, 0.15) is 16.4 Å². The Kier molecular flexibility index (Phi) is 4.45. The lowest BCUT2D eigenvalue weighted by atomic mass is 10.2. The van der Waals surface area contributed by atoms with E-state index in [1.807, 2.05) is 43.3 Å². The van der Waals surface area contributed by atoms with Crippen LogP contribution in [0.25, 0.3) is 21.8 Å². The van der Waals surface area contributed by atoms with Gasteiger partial charge in [-0.25, -0.2) is 9.78 Å². The number of benzene rings is 1. The smallest absolute Gasteiger partial charge is 0.329 e. The molecule has 0 atom stereocenters. The minimum absolute atomic E-state index is 0.135. The summed E-state index contributed by atoms with van der Waals surface area (Å²) in [6, 6.07) is 7.99. The average Bonchev–Trinajstić information content (AvgIpc) is 3.04. The first-order valence-corrected chi connectivity index (χ1v) is 8.66. The zero-order valence-electron chi connectivity index (χ0n) is 14.2. The predicted molar refractivity (Wildman–Crippen MR) is 102 cm³/mol. The molecule has 0 aliphatic heterocycles. The molecule has 2 heterocycles. The Labute approximate surface area is 148 Å². The van der Waals surface area contributed by atoms with Crippen LogP contribution in [0.5, 0.6) is 0 Å². The topological polar surface area (TPSA) is 97.0 Å². The quantitative estimate of drug-likeness (QED) is 0.744. The van der Waals surface area contributed by atoms with Crippen LogP contribution in [0.4, 0.5) is 11.5 Å². The Morgan fingerprint density at radius 1 is 1.24 bits per heavy atom. The molecule has 0 amide bonds. The van der Waals surface area contributed by atoms with Crippen molar-refractivity contribution in [1.29, 1.82) is 0 Å². The third-order valence-electron chi connectivity index (χ3n) is 3.95. The van der Waals surface area contributed by atoms with Crippen LogP contribution in [0.3, 0.4) is 0 Å². The number of anilines is 2. The summed E-state index contributed by atoms with van der Waals surface area (Å²) in [5, 5.41) is 2.56. The van der Waals surface area contributed by atoms with Crippen LogP contribution in [-0.2, 0) is 6.54 Å². The molecule has 7 nitrogen and oxygen atoms in total. The number of thiazole rings is 1. The lowest BCUT2D eigenvalue weighted by Crippen LogP contribution is -2.32. The van der Waals surface area contributed by atoms with E-state index in [0.29, 0.717) is 12.2 Å². The summed E-state index contributed by atoms with van der Waals surface area (Å²) in [5.41, 5.74) is 7.75. The first-order valence-electron chi connectivity index (χ1n) is 7.78. The highest BCUT2D eigenvalue weighted by atomic mass is 32.1. The lowest BCUT2D eigenvalue weighted by Gasteiger charge is -2.12. The number of nitrogen functional groups attached to an aromatic ring is 1. The Bertz CT molecular complexity index is 1010. The Balaban J connectivity index is 2.05. The number of rotatable bonds is 4. The molecule has 130 valence electrons. The number of hydrogen-bond donors (Lipinski definition) is 2. The first-order chi connectivity index (χ1) is 11.9. The van der Waals surface area contributed by atoms with E-state index in [1.165, 1.54) is 15.9 Å². The number of nitrogens with one attached hydrogen (secondary N) is 1. The Hall–Kier alpha value is -2.87. The van der Waals surface area contributed by atoms with Crippen LogP contribution in [0.15, 0.2) is 39.2 Å². The van der Waals surface area contributed by atoms with Gasteiger partial charge in [0.15, 0.2) is 0 Å². The zero-order chi connectivity index (χ0) is 18.1.